The van der Waals surface area contributed by atoms with E-state index in [2.05, 4.69) is 24.9 Å². The van der Waals surface area contributed by atoms with Crippen LogP contribution >= 0.6 is 0 Å². The van der Waals surface area contributed by atoms with E-state index < -0.39 is 0 Å². The Bertz CT molecular complexity index is 299. The summed E-state index contributed by atoms with van der Waals surface area (Å²) in [6.07, 6.45) is 6.92. The third-order valence-electron chi connectivity index (χ3n) is 2.38. The van der Waals surface area contributed by atoms with Gasteiger partial charge in [-0.15, -0.1) is 0 Å². The van der Waals surface area contributed by atoms with Crippen LogP contribution in [0.4, 0.5) is 0 Å². The normalized spacial score (nSPS) is 14.0. The zero-order valence-electron chi connectivity index (χ0n) is 13.3. The lowest BCUT2D eigenvalue weighted by atomic mass is 10.1. The van der Waals surface area contributed by atoms with Gasteiger partial charge in [-0.05, 0) is 40.2 Å². The monoisotopic (exact) mass is 251 g/mol. The molecule has 0 bridgehead atoms. The van der Waals surface area contributed by atoms with Crippen LogP contribution in [0.1, 0.15) is 54.9 Å². The van der Waals surface area contributed by atoms with Crippen LogP contribution in [-0.4, -0.2) is 12.8 Å². The number of ether oxygens (including phenoxy) is 1. The van der Waals surface area contributed by atoms with E-state index in [1.807, 2.05) is 46.8 Å². The molecule has 0 aromatic heterocycles. The van der Waals surface area contributed by atoms with Crippen LogP contribution in [0, 0.1) is 0 Å². The maximum atomic E-state index is 5.38. The molecule has 0 radical (unpaired) electrons. The molecule has 0 aliphatic heterocycles. The zero-order valence-corrected chi connectivity index (χ0v) is 13.3. The summed E-state index contributed by atoms with van der Waals surface area (Å²) in [5.41, 5.74) is 3.17. The molecule has 0 aromatic carbocycles. The summed E-state index contributed by atoms with van der Waals surface area (Å²) in [7, 11) is 1.69. The first-order chi connectivity index (χ1) is 8.58. The van der Waals surface area contributed by atoms with Crippen LogP contribution in [-0.2, 0) is 4.74 Å². The smallest absolute Gasteiger partial charge is 0.140 e. The van der Waals surface area contributed by atoms with Crippen molar-refractivity contribution in [2.45, 2.75) is 54.9 Å². The Hall–Kier alpha value is -1.31. The quantitative estimate of drug-likeness (QED) is 0.370. The molecule has 0 aliphatic carbocycles. The maximum Gasteiger partial charge on any atom is 0.140 e. The van der Waals surface area contributed by atoms with Gasteiger partial charge < -0.3 is 4.74 Å². The van der Waals surface area contributed by atoms with Gasteiger partial charge >= 0.3 is 0 Å². The fourth-order valence-corrected chi connectivity index (χ4v) is 1.14. The van der Waals surface area contributed by atoms with Gasteiger partial charge in [0.2, 0.25) is 0 Å². The summed E-state index contributed by atoms with van der Waals surface area (Å²) in [6, 6.07) is 0. The summed E-state index contributed by atoms with van der Waals surface area (Å²) >= 11 is 0. The van der Waals surface area contributed by atoms with E-state index in [9.17, 15) is 0 Å². The molecule has 0 saturated carbocycles. The first-order valence-electron chi connectivity index (χ1n) is 6.68. The Balaban J connectivity index is 0. The van der Waals surface area contributed by atoms with Crippen LogP contribution in [0.5, 0.6) is 0 Å². The molecule has 0 N–H and O–H groups in total. The van der Waals surface area contributed by atoms with Crippen molar-refractivity contribution in [2.24, 2.45) is 4.99 Å². The Morgan fingerprint density at radius 2 is 1.67 bits per heavy atom. The second kappa shape index (κ2) is 12.2. The highest BCUT2D eigenvalue weighted by Gasteiger charge is 2.05. The number of nitrogens with zero attached hydrogens (tertiary/aromatic N) is 1. The largest absolute Gasteiger partial charge is 0.495 e. The maximum absolute atomic E-state index is 5.38. The Morgan fingerprint density at radius 1 is 1.11 bits per heavy atom. The lowest BCUT2D eigenvalue weighted by molar-refractivity contribution is 0.313. The van der Waals surface area contributed by atoms with Crippen LogP contribution in [0.15, 0.2) is 40.2 Å². The minimum Gasteiger partial charge on any atom is -0.495 e. The lowest BCUT2D eigenvalue weighted by Crippen LogP contribution is -2.04. The molecule has 0 heterocycles. The first kappa shape index (κ1) is 19.0. The Kier molecular flexibility index (Phi) is 12.9. The summed E-state index contributed by atoms with van der Waals surface area (Å²) in [4.78, 5) is 4.53. The van der Waals surface area contributed by atoms with Crippen LogP contribution in [0.2, 0.25) is 0 Å². The number of hydrogen-bond acceptors (Lipinski definition) is 2. The standard InChI is InChI=1S/C14H23NO.C2H6/c1-7-11(4)10-14(16-6)13(9-3)15-12(5)8-2;1-2/h7-8,10H,9H2,1-6H3;1-2H3/b11-7-,12-8-,14-10+,15-13-;. The number of rotatable bonds is 5. The van der Waals surface area contributed by atoms with Gasteiger partial charge in [0.05, 0.1) is 12.8 Å². The molecule has 18 heavy (non-hydrogen) atoms. The van der Waals surface area contributed by atoms with E-state index in [0.717, 1.165) is 23.6 Å². The molecule has 104 valence electrons. The molecule has 0 spiro atoms. The molecule has 2 heteroatoms. The van der Waals surface area contributed by atoms with Crippen LogP contribution < -0.4 is 0 Å². The van der Waals surface area contributed by atoms with Crippen molar-refractivity contribution in [1.82, 2.24) is 0 Å². The SMILES string of the molecule is CC.C\C=C(C)/C=C(OC)\C(CC)=N/C(C)=C\C. The number of hydrogen-bond donors (Lipinski definition) is 0. The van der Waals surface area contributed by atoms with Gasteiger partial charge in [0.25, 0.3) is 0 Å². The number of aliphatic imine (C=N–C) groups is 1. The highest BCUT2D eigenvalue weighted by atomic mass is 16.5. The molecule has 0 saturated heterocycles. The van der Waals surface area contributed by atoms with Crippen molar-refractivity contribution < 1.29 is 4.74 Å². The fraction of sp³-hybridized carbons (Fsp3) is 0.562. The number of allylic oxidation sites excluding steroid dienone is 6. The van der Waals surface area contributed by atoms with Gasteiger partial charge in [-0.2, -0.15) is 0 Å². The van der Waals surface area contributed by atoms with E-state index in [4.69, 9.17) is 4.74 Å². The van der Waals surface area contributed by atoms with Gasteiger partial charge in [-0.1, -0.05) is 38.5 Å². The third-order valence-corrected chi connectivity index (χ3v) is 2.38. The predicted octanol–water partition coefficient (Wildman–Crippen LogP) is 5.28. The lowest BCUT2D eigenvalue weighted by Gasteiger charge is -2.08. The van der Waals surface area contributed by atoms with Crippen LogP contribution in [0.25, 0.3) is 0 Å². The average Bonchev–Trinajstić information content (AvgIpc) is 2.43. The topological polar surface area (TPSA) is 21.6 Å². The van der Waals surface area contributed by atoms with Crippen molar-refractivity contribution in [3.63, 3.8) is 0 Å². The van der Waals surface area contributed by atoms with Gasteiger partial charge in [-0.3, -0.25) is 4.99 Å². The summed E-state index contributed by atoms with van der Waals surface area (Å²) in [5, 5.41) is 0. The molecule has 0 atom stereocenters. The van der Waals surface area contributed by atoms with Gasteiger partial charge in [0, 0.05) is 5.70 Å². The summed E-state index contributed by atoms with van der Waals surface area (Å²) < 4.78 is 5.38. The van der Waals surface area contributed by atoms with Crippen molar-refractivity contribution in [3.05, 3.63) is 35.3 Å². The van der Waals surface area contributed by atoms with E-state index in [-0.39, 0.29) is 0 Å². The molecule has 0 rings (SSSR count). The minimum absolute atomic E-state index is 0.847. The summed E-state index contributed by atoms with van der Waals surface area (Å²) in [5.74, 6) is 0.847. The molecule has 0 aliphatic rings. The van der Waals surface area contributed by atoms with Gasteiger partial charge in [0.15, 0.2) is 0 Å². The van der Waals surface area contributed by atoms with E-state index in [1.54, 1.807) is 7.11 Å². The first-order valence-corrected chi connectivity index (χ1v) is 6.68. The molecular weight excluding hydrogens is 222 g/mol. The van der Waals surface area contributed by atoms with Gasteiger partial charge in [-0.25, -0.2) is 0 Å². The predicted molar refractivity (Wildman–Crippen MR) is 83.0 cm³/mol. The fourth-order valence-electron chi connectivity index (χ4n) is 1.14. The van der Waals surface area contributed by atoms with E-state index in [0.29, 0.717) is 0 Å². The minimum atomic E-state index is 0.847. The Labute approximate surface area is 113 Å². The second-order valence-electron chi connectivity index (χ2n) is 3.59. The van der Waals surface area contributed by atoms with Crippen molar-refractivity contribution >= 4 is 5.71 Å². The molecule has 0 fully saturated rings. The molecule has 0 amide bonds. The van der Waals surface area contributed by atoms with Crippen LogP contribution in [0.3, 0.4) is 0 Å². The second-order valence-corrected chi connectivity index (χ2v) is 3.59. The van der Waals surface area contributed by atoms with Crippen molar-refractivity contribution in [2.75, 3.05) is 7.11 Å². The van der Waals surface area contributed by atoms with Gasteiger partial charge in [0.1, 0.15) is 5.76 Å². The van der Waals surface area contributed by atoms with Crippen molar-refractivity contribution in [1.29, 1.82) is 0 Å². The Morgan fingerprint density at radius 3 is 2.00 bits per heavy atom. The zero-order chi connectivity index (χ0) is 14.6. The number of methoxy groups -OCH3 is 1. The van der Waals surface area contributed by atoms with E-state index in [1.165, 1.54) is 5.57 Å². The highest BCUT2D eigenvalue weighted by molar-refractivity contribution is 5.99. The molecule has 0 unspecified atom stereocenters. The molecular formula is C16H29NO. The molecule has 2 nitrogen and oxygen atoms in total. The third kappa shape index (κ3) is 7.88. The molecule has 0 aromatic rings. The average molecular weight is 251 g/mol. The highest BCUT2D eigenvalue weighted by Crippen LogP contribution is 2.10. The summed E-state index contributed by atoms with van der Waals surface area (Å²) in [6.45, 7) is 14.1. The van der Waals surface area contributed by atoms with E-state index >= 15 is 0 Å². The van der Waals surface area contributed by atoms with Crippen molar-refractivity contribution in [3.8, 4) is 0 Å².